The molecule has 148 valence electrons. The maximum absolute atomic E-state index is 5.91. The van der Waals surface area contributed by atoms with Crippen LogP contribution in [0.5, 0.6) is 5.75 Å². The Bertz CT molecular complexity index is 733. The second-order valence-electron chi connectivity index (χ2n) is 6.45. The van der Waals surface area contributed by atoms with Gasteiger partial charge in [-0.15, -0.1) is 10.2 Å². The summed E-state index contributed by atoms with van der Waals surface area (Å²) in [5, 5.41) is 13.4. The number of hydrogen-bond donors (Lipinski definition) is 0. The first kappa shape index (κ1) is 22.0. The molecule has 0 saturated heterocycles. The zero-order chi connectivity index (χ0) is 19.5. The highest BCUT2D eigenvalue weighted by Gasteiger charge is 2.06. The highest BCUT2D eigenvalue weighted by molar-refractivity contribution is 9.10. The van der Waals surface area contributed by atoms with Crippen LogP contribution in [0.1, 0.15) is 63.3 Å². The van der Waals surface area contributed by atoms with Gasteiger partial charge < -0.3 is 4.74 Å². The molecule has 0 saturated carbocycles. The van der Waals surface area contributed by atoms with E-state index in [1.165, 1.54) is 50.3 Å². The van der Waals surface area contributed by atoms with E-state index in [-0.39, 0.29) is 0 Å². The van der Waals surface area contributed by atoms with E-state index in [1.807, 2.05) is 31.4 Å². The summed E-state index contributed by atoms with van der Waals surface area (Å²) in [7, 11) is 0. The molecule has 0 unspecified atom stereocenters. The molecular formula is C20H29BrN4OS. The number of aryl methyl sites for hydroxylation is 1. The van der Waals surface area contributed by atoms with Gasteiger partial charge in [0.25, 0.3) is 0 Å². The fourth-order valence-corrected chi connectivity index (χ4v) is 3.66. The SMILES string of the molecule is CCCCCCCCCOc1ccc(/C=N\n2c(C)nnc2SC)cc1Br. The molecule has 5 nitrogen and oxygen atoms in total. The van der Waals surface area contributed by atoms with Gasteiger partial charge in [-0.3, -0.25) is 0 Å². The first-order valence-corrected chi connectivity index (χ1v) is 11.6. The van der Waals surface area contributed by atoms with Gasteiger partial charge in [-0.2, -0.15) is 9.78 Å². The highest BCUT2D eigenvalue weighted by atomic mass is 79.9. The molecule has 0 bridgehead atoms. The van der Waals surface area contributed by atoms with Crippen LogP contribution in [0.3, 0.4) is 0 Å². The van der Waals surface area contributed by atoms with Crippen molar-refractivity contribution in [1.82, 2.24) is 14.9 Å². The quantitative estimate of drug-likeness (QED) is 0.222. The molecule has 1 heterocycles. The molecule has 0 aliphatic heterocycles. The fraction of sp³-hybridized carbons (Fsp3) is 0.550. The van der Waals surface area contributed by atoms with Crippen LogP contribution in [0.15, 0.2) is 32.9 Å². The van der Waals surface area contributed by atoms with Crippen LogP contribution in [-0.4, -0.2) is 34.0 Å². The topological polar surface area (TPSA) is 52.3 Å². The fourth-order valence-electron chi connectivity index (χ4n) is 2.68. The summed E-state index contributed by atoms with van der Waals surface area (Å²) in [4.78, 5) is 0. The highest BCUT2D eigenvalue weighted by Crippen LogP contribution is 2.26. The Balaban J connectivity index is 1.81. The van der Waals surface area contributed by atoms with Crippen LogP contribution in [0, 0.1) is 6.92 Å². The van der Waals surface area contributed by atoms with Crippen molar-refractivity contribution >= 4 is 33.9 Å². The van der Waals surface area contributed by atoms with Gasteiger partial charge in [0.15, 0.2) is 5.82 Å². The van der Waals surface area contributed by atoms with Crippen molar-refractivity contribution in [3.63, 3.8) is 0 Å². The minimum atomic E-state index is 0.761. The molecule has 0 amide bonds. The largest absolute Gasteiger partial charge is 0.492 e. The second kappa shape index (κ2) is 12.2. The van der Waals surface area contributed by atoms with E-state index in [1.54, 1.807) is 10.9 Å². The van der Waals surface area contributed by atoms with Gasteiger partial charge in [0.1, 0.15) is 5.75 Å². The molecule has 7 heteroatoms. The van der Waals surface area contributed by atoms with Gasteiger partial charge in [-0.25, -0.2) is 0 Å². The Hall–Kier alpha value is -1.34. The van der Waals surface area contributed by atoms with Crippen LogP contribution >= 0.6 is 27.7 Å². The number of halogens is 1. The van der Waals surface area contributed by atoms with E-state index in [4.69, 9.17) is 4.74 Å². The van der Waals surface area contributed by atoms with E-state index in [9.17, 15) is 0 Å². The lowest BCUT2D eigenvalue weighted by Gasteiger charge is -2.09. The van der Waals surface area contributed by atoms with Gasteiger partial charge in [-0.05, 0) is 59.3 Å². The average Bonchev–Trinajstić information content (AvgIpc) is 3.03. The number of benzene rings is 1. The molecule has 0 aliphatic rings. The van der Waals surface area contributed by atoms with Gasteiger partial charge in [0, 0.05) is 0 Å². The predicted octanol–water partition coefficient (Wildman–Crippen LogP) is 6.08. The lowest BCUT2D eigenvalue weighted by atomic mass is 10.1. The summed E-state index contributed by atoms with van der Waals surface area (Å²) in [5.74, 6) is 1.65. The Morgan fingerprint density at radius 1 is 1.15 bits per heavy atom. The molecule has 2 rings (SSSR count). The van der Waals surface area contributed by atoms with Gasteiger partial charge in [-0.1, -0.05) is 57.2 Å². The zero-order valence-electron chi connectivity index (χ0n) is 16.4. The number of thioether (sulfide) groups is 1. The number of aromatic nitrogens is 3. The number of hydrogen-bond acceptors (Lipinski definition) is 5. The molecule has 1 aromatic carbocycles. The van der Waals surface area contributed by atoms with Crippen molar-refractivity contribution in [1.29, 1.82) is 0 Å². The van der Waals surface area contributed by atoms with Crippen molar-refractivity contribution in [2.45, 2.75) is 63.9 Å². The van der Waals surface area contributed by atoms with Crippen molar-refractivity contribution in [3.05, 3.63) is 34.1 Å². The average molecular weight is 453 g/mol. The lowest BCUT2D eigenvalue weighted by molar-refractivity contribution is 0.302. The van der Waals surface area contributed by atoms with Gasteiger partial charge in [0.2, 0.25) is 5.16 Å². The Kier molecular flexibility index (Phi) is 9.91. The standard InChI is InChI=1S/C20H29BrN4OS/c1-4-5-6-7-8-9-10-13-26-19-12-11-17(14-18(19)21)15-22-25-16(2)23-24-20(25)27-3/h11-12,14-15H,4-10,13H2,1-3H3/b22-15-. The Labute approximate surface area is 175 Å². The second-order valence-corrected chi connectivity index (χ2v) is 8.08. The summed E-state index contributed by atoms with van der Waals surface area (Å²) in [6, 6.07) is 6.01. The van der Waals surface area contributed by atoms with Crippen molar-refractivity contribution in [2.24, 2.45) is 5.10 Å². The normalized spacial score (nSPS) is 11.4. The van der Waals surface area contributed by atoms with Crippen molar-refractivity contribution in [3.8, 4) is 5.75 Å². The monoisotopic (exact) mass is 452 g/mol. The molecule has 0 atom stereocenters. The van der Waals surface area contributed by atoms with Crippen LogP contribution < -0.4 is 4.74 Å². The van der Waals surface area contributed by atoms with E-state index in [0.717, 1.165) is 39.8 Å². The van der Waals surface area contributed by atoms with Crippen LogP contribution in [0.2, 0.25) is 0 Å². The molecule has 0 fully saturated rings. The van der Waals surface area contributed by atoms with E-state index < -0.39 is 0 Å². The molecular weight excluding hydrogens is 424 g/mol. The summed E-state index contributed by atoms with van der Waals surface area (Å²) < 4.78 is 8.59. The summed E-state index contributed by atoms with van der Waals surface area (Å²) in [6.07, 6.45) is 12.8. The molecule has 27 heavy (non-hydrogen) atoms. The van der Waals surface area contributed by atoms with Crippen molar-refractivity contribution in [2.75, 3.05) is 12.9 Å². The smallest absolute Gasteiger partial charge is 0.211 e. The molecule has 0 aliphatic carbocycles. The van der Waals surface area contributed by atoms with Gasteiger partial charge in [0.05, 0.1) is 17.3 Å². The first-order chi connectivity index (χ1) is 13.2. The summed E-state index contributed by atoms with van der Waals surface area (Å²) >= 11 is 5.12. The third kappa shape index (κ3) is 7.30. The molecule has 0 radical (unpaired) electrons. The summed E-state index contributed by atoms with van der Waals surface area (Å²) in [5.41, 5.74) is 0.991. The number of ether oxygens (including phenoxy) is 1. The van der Waals surface area contributed by atoms with E-state index in [0.29, 0.717) is 0 Å². The number of nitrogens with zero attached hydrogens (tertiary/aromatic N) is 4. The Morgan fingerprint density at radius 2 is 1.89 bits per heavy atom. The maximum atomic E-state index is 5.91. The van der Waals surface area contributed by atoms with Crippen LogP contribution in [-0.2, 0) is 0 Å². The minimum Gasteiger partial charge on any atom is -0.492 e. The number of rotatable bonds is 12. The van der Waals surface area contributed by atoms with Crippen molar-refractivity contribution < 1.29 is 4.74 Å². The van der Waals surface area contributed by atoms with E-state index >= 15 is 0 Å². The van der Waals surface area contributed by atoms with Crippen LogP contribution in [0.25, 0.3) is 0 Å². The summed E-state index contributed by atoms with van der Waals surface area (Å²) in [6.45, 7) is 4.90. The predicted molar refractivity (Wildman–Crippen MR) is 117 cm³/mol. The van der Waals surface area contributed by atoms with Crippen LogP contribution in [0.4, 0.5) is 0 Å². The maximum Gasteiger partial charge on any atom is 0.211 e. The Morgan fingerprint density at radius 3 is 2.59 bits per heavy atom. The minimum absolute atomic E-state index is 0.761. The first-order valence-electron chi connectivity index (χ1n) is 9.58. The third-order valence-electron chi connectivity index (χ3n) is 4.23. The lowest BCUT2D eigenvalue weighted by Crippen LogP contribution is -1.99. The molecule has 0 N–H and O–H groups in total. The number of unbranched alkanes of at least 4 members (excludes halogenated alkanes) is 6. The van der Waals surface area contributed by atoms with Gasteiger partial charge >= 0.3 is 0 Å². The molecule has 1 aromatic heterocycles. The molecule has 0 spiro atoms. The third-order valence-corrected chi connectivity index (χ3v) is 5.47. The van der Waals surface area contributed by atoms with E-state index in [2.05, 4.69) is 38.2 Å². The molecule has 2 aromatic rings. The zero-order valence-corrected chi connectivity index (χ0v) is 18.9.